The largest absolute Gasteiger partial charge is 0.469 e. The van der Waals surface area contributed by atoms with Gasteiger partial charge in [0.05, 0.1) is 17.1 Å². The summed E-state index contributed by atoms with van der Waals surface area (Å²) in [6.07, 6.45) is 4.23. The minimum Gasteiger partial charge on any atom is -0.469 e. The topological polar surface area (TPSA) is 73.0 Å². The van der Waals surface area contributed by atoms with Gasteiger partial charge < -0.3 is 9.73 Å². The minimum atomic E-state index is -0.290. The van der Waals surface area contributed by atoms with Gasteiger partial charge in [-0.25, -0.2) is 0 Å². The summed E-state index contributed by atoms with van der Waals surface area (Å²) < 4.78 is 7.33. The molecule has 2 heterocycles. The van der Waals surface area contributed by atoms with Crippen LogP contribution in [0.25, 0.3) is 11.4 Å². The lowest BCUT2D eigenvalue weighted by atomic mass is 10.1. The number of carbonyl (C=O) groups is 1. The second-order valence-electron chi connectivity index (χ2n) is 6.38. The molecule has 0 radical (unpaired) electrons. The molecule has 146 valence electrons. The number of nitrogens with zero attached hydrogens (tertiary/aromatic N) is 3. The number of allylic oxidation sites excluding steroid dienone is 1. The van der Waals surface area contributed by atoms with E-state index >= 15 is 0 Å². The molecule has 2 aromatic heterocycles. The van der Waals surface area contributed by atoms with Crippen molar-refractivity contribution < 1.29 is 9.21 Å². The van der Waals surface area contributed by atoms with Gasteiger partial charge in [-0.1, -0.05) is 48.2 Å². The summed E-state index contributed by atoms with van der Waals surface area (Å²) in [5.41, 5.74) is 2.09. The molecular weight excluding hydrogens is 372 g/mol. The average molecular weight is 397 g/mol. The third-order valence-corrected chi connectivity index (χ3v) is 5.42. The van der Waals surface area contributed by atoms with E-state index < -0.39 is 0 Å². The van der Waals surface area contributed by atoms with Crippen LogP contribution in [0.1, 0.15) is 18.2 Å². The zero-order chi connectivity index (χ0) is 19.9. The Bertz CT molecular complexity index is 933. The maximum absolute atomic E-state index is 12.5. The van der Waals surface area contributed by atoms with Crippen molar-refractivity contribution in [3.8, 4) is 11.4 Å². The molecule has 1 amide bonds. The molecule has 0 saturated carbocycles. The van der Waals surface area contributed by atoms with Crippen LogP contribution in [0.4, 0.5) is 0 Å². The predicted molar refractivity (Wildman–Crippen MR) is 111 cm³/mol. The van der Waals surface area contributed by atoms with Crippen LogP contribution in [0.15, 0.2) is 64.9 Å². The van der Waals surface area contributed by atoms with E-state index in [1.807, 2.05) is 42.7 Å². The zero-order valence-corrected chi connectivity index (χ0v) is 16.9. The Morgan fingerprint density at radius 2 is 2.11 bits per heavy atom. The molecule has 0 bridgehead atoms. The molecule has 0 fully saturated rings. The Hall–Kier alpha value is -2.80. The van der Waals surface area contributed by atoms with Crippen molar-refractivity contribution in [2.24, 2.45) is 0 Å². The van der Waals surface area contributed by atoms with E-state index in [4.69, 9.17) is 4.42 Å². The van der Waals surface area contributed by atoms with Gasteiger partial charge >= 0.3 is 0 Å². The number of benzene rings is 1. The molecule has 1 unspecified atom stereocenters. The summed E-state index contributed by atoms with van der Waals surface area (Å²) in [7, 11) is 0. The van der Waals surface area contributed by atoms with E-state index in [9.17, 15) is 4.79 Å². The van der Waals surface area contributed by atoms with Crippen molar-refractivity contribution in [3.63, 3.8) is 0 Å². The first kappa shape index (κ1) is 19.9. The lowest BCUT2D eigenvalue weighted by molar-refractivity contribution is -0.120. The standard InChI is InChI=1S/C21H24N4O2S/c1-4-13-25-19(18-11-14-27-15(18)2)23-24-21(25)28-16(3)20(26)22-12-10-17-8-6-5-7-9-17/h4-9,11,14,16H,1,10,12-13H2,2-3H3,(H,22,26). The van der Waals surface area contributed by atoms with Crippen molar-refractivity contribution >= 4 is 17.7 Å². The Labute approximate surface area is 169 Å². The van der Waals surface area contributed by atoms with Crippen molar-refractivity contribution in [2.75, 3.05) is 6.54 Å². The highest BCUT2D eigenvalue weighted by atomic mass is 32.2. The van der Waals surface area contributed by atoms with Crippen molar-refractivity contribution in [2.45, 2.75) is 37.2 Å². The van der Waals surface area contributed by atoms with Gasteiger partial charge in [0.25, 0.3) is 0 Å². The summed E-state index contributed by atoms with van der Waals surface area (Å²) in [5.74, 6) is 1.47. The van der Waals surface area contributed by atoms with E-state index in [1.54, 1.807) is 12.3 Å². The van der Waals surface area contributed by atoms with E-state index in [2.05, 4.69) is 34.2 Å². The molecular formula is C21H24N4O2S. The molecule has 0 spiro atoms. The van der Waals surface area contributed by atoms with Gasteiger partial charge in [-0.3, -0.25) is 9.36 Å². The van der Waals surface area contributed by atoms with Gasteiger partial charge in [-0.15, -0.1) is 16.8 Å². The molecule has 0 aliphatic carbocycles. The van der Waals surface area contributed by atoms with Crippen molar-refractivity contribution in [1.82, 2.24) is 20.1 Å². The molecule has 0 saturated heterocycles. The number of amides is 1. The smallest absolute Gasteiger partial charge is 0.233 e. The summed E-state index contributed by atoms with van der Waals surface area (Å²) in [4.78, 5) is 12.5. The number of furan rings is 1. The van der Waals surface area contributed by atoms with Crippen LogP contribution >= 0.6 is 11.8 Å². The highest BCUT2D eigenvalue weighted by molar-refractivity contribution is 8.00. The summed E-state index contributed by atoms with van der Waals surface area (Å²) >= 11 is 1.39. The summed E-state index contributed by atoms with van der Waals surface area (Å²) in [6.45, 7) is 8.73. The van der Waals surface area contributed by atoms with E-state index in [0.717, 1.165) is 17.7 Å². The number of hydrogen-bond donors (Lipinski definition) is 1. The van der Waals surface area contributed by atoms with Crippen LogP contribution in [0.3, 0.4) is 0 Å². The molecule has 3 rings (SSSR count). The lowest BCUT2D eigenvalue weighted by Crippen LogP contribution is -2.32. The second-order valence-corrected chi connectivity index (χ2v) is 7.69. The monoisotopic (exact) mass is 396 g/mol. The van der Waals surface area contributed by atoms with Crippen molar-refractivity contribution in [3.05, 3.63) is 66.6 Å². The van der Waals surface area contributed by atoms with Gasteiger partial charge in [-0.05, 0) is 31.9 Å². The minimum absolute atomic E-state index is 0.0184. The van der Waals surface area contributed by atoms with Gasteiger partial charge in [0, 0.05) is 13.1 Å². The van der Waals surface area contributed by atoms with Crippen molar-refractivity contribution in [1.29, 1.82) is 0 Å². The van der Waals surface area contributed by atoms with E-state index in [1.165, 1.54) is 17.3 Å². The quantitative estimate of drug-likeness (QED) is 0.439. The van der Waals surface area contributed by atoms with Gasteiger partial charge in [0.2, 0.25) is 5.91 Å². The number of hydrogen-bond acceptors (Lipinski definition) is 5. The van der Waals surface area contributed by atoms with Gasteiger partial charge in [0.1, 0.15) is 5.76 Å². The normalized spacial score (nSPS) is 11.9. The van der Waals surface area contributed by atoms with Gasteiger partial charge in [0.15, 0.2) is 11.0 Å². The third kappa shape index (κ3) is 4.72. The van der Waals surface area contributed by atoms with Crippen LogP contribution in [-0.4, -0.2) is 32.5 Å². The Balaban J connectivity index is 1.63. The SMILES string of the molecule is C=CCn1c(SC(C)C(=O)NCCc2ccccc2)nnc1-c1ccoc1C. The molecule has 1 aromatic carbocycles. The fourth-order valence-electron chi connectivity index (χ4n) is 2.82. The molecule has 6 nitrogen and oxygen atoms in total. The Morgan fingerprint density at radius 3 is 2.79 bits per heavy atom. The van der Waals surface area contributed by atoms with Crippen LogP contribution < -0.4 is 5.32 Å². The second kappa shape index (κ2) is 9.41. The first-order valence-corrected chi connectivity index (χ1v) is 10.0. The van der Waals surface area contributed by atoms with Crippen LogP contribution in [0.5, 0.6) is 0 Å². The first-order valence-electron chi connectivity index (χ1n) is 9.17. The fraction of sp³-hybridized carbons (Fsp3) is 0.286. The number of nitrogens with one attached hydrogen (secondary N) is 1. The van der Waals surface area contributed by atoms with E-state index in [0.29, 0.717) is 24.1 Å². The molecule has 1 atom stereocenters. The highest BCUT2D eigenvalue weighted by Gasteiger charge is 2.21. The molecule has 0 aliphatic rings. The van der Waals surface area contributed by atoms with Crippen LogP contribution in [-0.2, 0) is 17.8 Å². The molecule has 0 aliphatic heterocycles. The Kier molecular flexibility index (Phi) is 6.71. The highest BCUT2D eigenvalue weighted by Crippen LogP contribution is 2.29. The van der Waals surface area contributed by atoms with E-state index in [-0.39, 0.29) is 11.2 Å². The summed E-state index contributed by atoms with van der Waals surface area (Å²) in [6, 6.07) is 12.0. The Morgan fingerprint density at radius 1 is 1.32 bits per heavy atom. The zero-order valence-electron chi connectivity index (χ0n) is 16.1. The first-order chi connectivity index (χ1) is 13.6. The third-order valence-electron chi connectivity index (χ3n) is 4.34. The number of aromatic nitrogens is 3. The number of aryl methyl sites for hydroxylation is 1. The molecule has 1 N–H and O–H groups in total. The lowest BCUT2D eigenvalue weighted by Gasteiger charge is -2.13. The average Bonchev–Trinajstić information content (AvgIpc) is 3.29. The number of rotatable bonds is 9. The molecule has 7 heteroatoms. The van der Waals surface area contributed by atoms with Crippen LogP contribution in [0.2, 0.25) is 0 Å². The van der Waals surface area contributed by atoms with Crippen LogP contribution in [0, 0.1) is 6.92 Å². The van der Waals surface area contributed by atoms with Gasteiger partial charge in [-0.2, -0.15) is 0 Å². The predicted octanol–water partition coefficient (Wildman–Crippen LogP) is 3.87. The maximum atomic E-state index is 12.5. The summed E-state index contributed by atoms with van der Waals surface area (Å²) in [5, 5.41) is 12.0. The number of thioether (sulfide) groups is 1. The molecule has 28 heavy (non-hydrogen) atoms. The fourth-order valence-corrected chi connectivity index (χ4v) is 3.70. The number of carbonyl (C=O) groups excluding carboxylic acids is 1. The maximum Gasteiger partial charge on any atom is 0.233 e. The molecule has 3 aromatic rings.